The van der Waals surface area contributed by atoms with Crippen LogP contribution in [0.15, 0.2) is 0 Å². The van der Waals surface area contributed by atoms with E-state index in [1.165, 1.54) is 51.4 Å². The fourth-order valence-corrected chi connectivity index (χ4v) is 7.06. The Hall–Kier alpha value is -0.0800. The zero-order chi connectivity index (χ0) is 14.4. The normalized spacial score (nSPS) is 50.3. The molecule has 0 aliphatic heterocycles. The van der Waals surface area contributed by atoms with Crippen molar-refractivity contribution in [1.82, 2.24) is 5.43 Å². The highest BCUT2D eigenvalue weighted by Crippen LogP contribution is 2.62. The first-order chi connectivity index (χ1) is 10.2. The molecule has 2 heteroatoms. The molecule has 5 aliphatic rings. The lowest BCUT2D eigenvalue weighted by molar-refractivity contribution is -0.0661. The standard InChI is InChI=1S/C19H34N2/c1-13-2-4-17(5-3-13)18(21-20)12-19-9-14-6-15(10-19)8-16(7-14)11-19/h13-18,21H,2-12,20H2,1H3. The lowest BCUT2D eigenvalue weighted by Crippen LogP contribution is -2.51. The first-order valence-electron chi connectivity index (χ1n) is 9.62. The molecule has 0 aromatic carbocycles. The Morgan fingerprint density at radius 2 is 1.48 bits per heavy atom. The van der Waals surface area contributed by atoms with Crippen molar-refractivity contribution in [2.45, 2.75) is 83.6 Å². The molecular formula is C19H34N2. The van der Waals surface area contributed by atoms with Crippen molar-refractivity contribution in [1.29, 1.82) is 0 Å². The second-order valence-electron chi connectivity index (χ2n) is 9.41. The van der Waals surface area contributed by atoms with Crippen molar-refractivity contribution in [3.05, 3.63) is 0 Å². The van der Waals surface area contributed by atoms with Gasteiger partial charge in [0.1, 0.15) is 0 Å². The smallest absolute Gasteiger partial charge is 0.0244 e. The number of nitrogens with two attached hydrogens (primary N) is 1. The van der Waals surface area contributed by atoms with Crippen LogP contribution in [-0.2, 0) is 0 Å². The highest BCUT2D eigenvalue weighted by atomic mass is 15.2. The predicted molar refractivity (Wildman–Crippen MR) is 87.5 cm³/mol. The van der Waals surface area contributed by atoms with E-state index >= 15 is 0 Å². The monoisotopic (exact) mass is 290 g/mol. The van der Waals surface area contributed by atoms with E-state index in [2.05, 4.69) is 12.3 Å². The minimum atomic E-state index is 0.591. The summed E-state index contributed by atoms with van der Waals surface area (Å²) < 4.78 is 0. The summed E-state index contributed by atoms with van der Waals surface area (Å²) in [6.45, 7) is 2.42. The molecule has 21 heavy (non-hydrogen) atoms. The van der Waals surface area contributed by atoms with Crippen molar-refractivity contribution >= 4 is 0 Å². The van der Waals surface area contributed by atoms with Crippen molar-refractivity contribution in [2.24, 2.45) is 40.8 Å². The van der Waals surface area contributed by atoms with Crippen LogP contribution in [0.5, 0.6) is 0 Å². The average Bonchev–Trinajstić information content (AvgIpc) is 2.44. The van der Waals surface area contributed by atoms with Gasteiger partial charge in [-0.1, -0.05) is 19.8 Å². The molecule has 0 aromatic rings. The fourth-order valence-electron chi connectivity index (χ4n) is 7.06. The van der Waals surface area contributed by atoms with Crippen molar-refractivity contribution in [2.75, 3.05) is 0 Å². The lowest BCUT2D eigenvalue weighted by Gasteiger charge is -2.58. The fraction of sp³-hybridized carbons (Fsp3) is 1.00. The van der Waals surface area contributed by atoms with Crippen LogP contribution in [0.3, 0.4) is 0 Å². The number of nitrogens with one attached hydrogen (secondary N) is 1. The Morgan fingerprint density at radius 3 is 1.95 bits per heavy atom. The second kappa shape index (κ2) is 5.53. The molecule has 0 saturated heterocycles. The first kappa shape index (κ1) is 14.5. The van der Waals surface area contributed by atoms with E-state index in [1.807, 2.05) is 0 Å². The zero-order valence-electron chi connectivity index (χ0n) is 13.8. The molecule has 0 spiro atoms. The Morgan fingerprint density at radius 1 is 0.952 bits per heavy atom. The van der Waals surface area contributed by atoms with Crippen molar-refractivity contribution < 1.29 is 0 Å². The summed E-state index contributed by atoms with van der Waals surface area (Å²) >= 11 is 0. The molecule has 1 atom stereocenters. The number of hydrogen-bond acceptors (Lipinski definition) is 2. The Bertz CT molecular complexity index is 334. The molecule has 0 aromatic heterocycles. The zero-order valence-corrected chi connectivity index (χ0v) is 13.8. The number of hydrazine groups is 1. The molecule has 4 bridgehead atoms. The average molecular weight is 290 g/mol. The maximum absolute atomic E-state index is 6.02. The van der Waals surface area contributed by atoms with E-state index in [9.17, 15) is 0 Å². The van der Waals surface area contributed by atoms with Crippen LogP contribution in [0.2, 0.25) is 0 Å². The Kier molecular flexibility index (Phi) is 3.82. The van der Waals surface area contributed by atoms with E-state index in [1.54, 1.807) is 19.3 Å². The van der Waals surface area contributed by atoms with Crippen molar-refractivity contribution in [3.8, 4) is 0 Å². The van der Waals surface area contributed by atoms with Crippen LogP contribution in [0.25, 0.3) is 0 Å². The molecule has 1 unspecified atom stereocenters. The van der Waals surface area contributed by atoms with Gasteiger partial charge >= 0.3 is 0 Å². The van der Waals surface area contributed by atoms with Gasteiger partial charge in [0.2, 0.25) is 0 Å². The van der Waals surface area contributed by atoms with E-state index in [-0.39, 0.29) is 0 Å². The summed E-state index contributed by atoms with van der Waals surface area (Å²) in [4.78, 5) is 0. The van der Waals surface area contributed by atoms with E-state index in [0.29, 0.717) is 11.5 Å². The molecule has 0 heterocycles. The largest absolute Gasteiger partial charge is 0.271 e. The number of rotatable bonds is 4. The SMILES string of the molecule is CC1CCC(C(CC23CC4CC(CC(C4)C2)C3)NN)CC1. The summed E-state index contributed by atoms with van der Waals surface area (Å²) in [7, 11) is 0. The molecule has 0 radical (unpaired) electrons. The van der Waals surface area contributed by atoms with Crippen LogP contribution >= 0.6 is 0 Å². The van der Waals surface area contributed by atoms with Gasteiger partial charge in [-0.05, 0) is 92.8 Å². The molecule has 2 nitrogen and oxygen atoms in total. The van der Waals surface area contributed by atoms with E-state index in [0.717, 1.165) is 29.6 Å². The second-order valence-corrected chi connectivity index (χ2v) is 9.41. The predicted octanol–water partition coefficient (Wildman–Crippen LogP) is 4.25. The van der Waals surface area contributed by atoms with Crippen LogP contribution in [0.1, 0.15) is 77.6 Å². The van der Waals surface area contributed by atoms with E-state index < -0.39 is 0 Å². The van der Waals surface area contributed by atoms with Gasteiger partial charge in [-0.25, -0.2) is 0 Å². The van der Waals surface area contributed by atoms with E-state index in [4.69, 9.17) is 5.84 Å². The third kappa shape index (κ3) is 2.79. The molecule has 5 rings (SSSR count). The van der Waals surface area contributed by atoms with Crippen LogP contribution in [0, 0.1) is 35.0 Å². The van der Waals surface area contributed by atoms with Gasteiger partial charge in [-0.3, -0.25) is 11.3 Å². The van der Waals surface area contributed by atoms with Crippen LogP contribution < -0.4 is 11.3 Å². The molecular weight excluding hydrogens is 256 g/mol. The molecule has 5 saturated carbocycles. The molecule has 120 valence electrons. The summed E-state index contributed by atoms with van der Waals surface area (Å²) in [6.07, 6.45) is 16.3. The van der Waals surface area contributed by atoms with Gasteiger partial charge in [-0.15, -0.1) is 0 Å². The molecule has 5 fully saturated rings. The third-order valence-electron chi connectivity index (χ3n) is 7.66. The Labute approximate surface area is 130 Å². The Balaban J connectivity index is 1.44. The minimum Gasteiger partial charge on any atom is -0.271 e. The first-order valence-corrected chi connectivity index (χ1v) is 9.62. The minimum absolute atomic E-state index is 0.591. The molecule has 0 amide bonds. The van der Waals surface area contributed by atoms with Crippen LogP contribution in [0.4, 0.5) is 0 Å². The summed E-state index contributed by atoms with van der Waals surface area (Å²) in [5.41, 5.74) is 3.94. The third-order valence-corrected chi connectivity index (χ3v) is 7.66. The van der Waals surface area contributed by atoms with Gasteiger partial charge < -0.3 is 0 Å². The molecule has 5 aliphatic carbocycles. The lowest BCUT2D eigenvalue weighted by atomic mass is 9.48. The summed E-state index contributed by atoms with van der Waals surface area (Å²) in [5, 5.41) is 0. The quantitative estimate of drug-likeness (QED) is 0.600. The van der Waals surface area contributed by atoms with Gasteiger partial charge in [0.25, 0.3) is 0 Å². The highest BCUT2D eigenvalue weighted by Gasteiger charge is 2.51. The van der Waals surface area contributed by atoms with Gasteiger partial charge in [0.05, 0.1) is 0 Å². The summed E-state index contributed by atoms with van der Waals surface area (Å²) in [6, 6.07) is 0.591. The maximum Gasteiger partial charge on any atom is 0.0244 e. The molecule has 3 N–H and O–H groups in total. The number of hydrogen-bond donors (Lipinski definition) is 2. The van der Waals surface area contributed by atoms with Crippen molar-refractivity contribution in [3.63, 3.8) is 0 Å². The van der Waals surface area contributed by atoms with Gasteiger partial charge in [0, 0.05) is 6.04 Å². The highest BCUT2D eigenvalue weighted by molar-refractivity contribution is 5.03. The van der Waals surface area contributed by atoms with Gasteiger partial charge in [0.15, 0.2) is 0 Å². The summed E-state index contributed by atoms with van der Waals surface area (Å²) in [5.74, 6) is 11.0. The topological polar surface area (TPSA) is 38.0 Å². The van der Waals surface area contributed by atoms with Gasteiger partial charge in [-0.2, -0.15) is 0 Å². The van der Waals surface area contributed by atoms with Crippen LogP contribution in [-0.4, -0.2) is 6.04 Å². The maximum atomic E-state index is 6.02.